The van der Waals surface area contributed by atoms with Crippen molar-refractivity contribution in [2.24, 2.45) is 18.9 Å². The Bertz CT molecular complexity index is 1360. The fraction of sp³-hybridized carbons (Fsp3) is 0.483. The summed E-state index contributed by atoms with van der Waals surface area (Å²) in [5.74, 6) is 2.17. The van der Waals surface area contributed by atoms with E-state index in [1.54, 1.807) is 53.3 Å². The molecule has 0 radical (unpaired) electrons. The fourth-order valence-corrected chi connectivity index (χ4v) is 4.94. The van der Waals surface area contributed by atoms with Gasteiger partial charge >= 0.3 is 0 Å². The first-order valence-electron chi connectivity index (χ1n) is 14.1. The van der Waals surface area contributed by atoms with Gasteiger partial charge < -0.3 is 24.3 Å². The largest absolute Gasteiger partial charge is 0.488 e. The van der Waals surface area contributed by atoms with Gasteiger partial charge in [0.2, 0.25) is 11.8 Å². The van der Waals surface area contributed by atoms with Crippen molar-refractivity contribution in [3.63, 3.8) is 0 Å². The maximum atomic E-state index is 13.4. The van der Waals surface area contributed by atoms with Crippen molar-refractivity contribution in [1.82, 2.24) is 19.7 Å². The van der Waals surface area contributed by atoms with Crippen molar-refractivity contribution in [1.29, 1.82) is 0 Å². The molecule has 0 unspecified atom stereocenters. The summed E-state index contributed by atoms with van der Waals surface area (Å²) in [5.41, 5.74) is 0.337. The molecular formula is C29H34N6O6. The van der Waals surface area contributed by atoms with Crippen LogP contribution in [0.3, 0.4) is 0 Å². The van der Waals surface area contributed by atoms with Crippen molar-refractivity contribution in [2.45, 2.75) is 38.2 Å². The van der Waals surface area contributed by atoms with Gasteiger partial charge in [0.1, 0.15) is 17.6 Å². The van der Waals surface area contributed by atoms with Gasteiger partial charge in [0, 0.05) is 63.0 Å². The Balaban J connectivity index is 1.20. The van der Waals surface area contributed by atoms with E-state index in [0.717, 1.165) is 32.1 Å². The summed E-state index contributed by atoms with van der Waals surface area (Å²) >= 11 is 0. The summed E-state index contributed by atoms with van der Waals surface area (Å²) in [6.07, 6.45) is 9.14. The van der Waals surface area contributed by atoms with Gasteiger partial charge in [0.25, 0.3) is 5.91 Å². The molecule has 0 bridgehead atoms. The number of benzene rings is 1. The van der Waals surface area contributed by atoms with Crippen LogP contribution in [0, 0.1) is 11.8 Å². The highest BCUT2D eigenvalue weighted by Crippen LogP contribution is 2.33. The number of rotatable bonds is 10. The van der Waals surface area contributed by atoms with Crippen LogP contribution in [0.1, 0.15) is 42.5 Å². The zero-order chi connectivity index (χ0) is 28.2. The van der Waals surface area contributed by atoms with Crippen molar-refractivity contribution in [3.8, 4) is 17.4 Å². The minimum Gasteiger partial charge on any atom is -0.488 e. The molecule has 0 spiro atoms. The Morgan fingerprint density at radius 2 is 1.83 bits per heavy atom. The smallest absolute Gasteiger partial charge is 0.257 e. The number of hydrogen-bond donors (Lipinski definition) is 1. The first-order chi connectivity index (χ1) is 20.0. The molecule has 216 valence electrons. The number of carbonyl (C=O) groups is 2. The molecule has 12 nitrogen and oxygen atoms in total. The fourth-order valence-electron chi connectivity index (χ4n) is 4.94. The molecule has 2 saturated heterocycles. The second-order valence-corrected chi connectivity index (χ2v) is 10.7. The second kappa shape index (κ2) is 12.2. The summed E-state index contributed by atoms with van der Waals surface area (Å²) < 4.78 is 24.6. The molecule has 41 heavy (non-hydrogen) atoms. The summed E-state index contributed by atoms with van der Waals surface area (Å²) in [7, 11) is 1.78. The number of aromatic nitrogens is 4. The lowest BCUT2D eigenvalue weighted by atomic mass is 9.98. The van der Waals surface area contributed by atoms with Crippen LogP contribution in [0.4, 0.5) is 11.6 Å². The van der Waals surface area contributed by atoms with Crippen LogP contribution in [-0.4, -0.2) is 70.6 Å². The number of nitrogens with one attached hydrogen (secondary N) is 1. The Kier molecular flexibility index (Phi) is 8.10. The van der Waals surface area contributed by atoms with Crippen molar-refractivity contribution in [2.75, 3.05) is 43.2 Å². The number of anilines is 2. The first-order valence-corrected chi connectivity index (χ1v) is 14.1. The monoisotopic (exact) mass is 562 g/mol. The average Bonchev–Trinajstić information content (AvgIpc) is 3.49. The Hall–Kier alpha value is -4.03. The molecule has 1 aliphatic carbocycles. The number of aryl methyl sites for hydroxylation is 1. The van der Waals surface area contributed by atoms with Crippen LogP contribution < -0.4 is 19.7 Å². The maximum absolute atomic E-state index is 13.4. The predicted molar refractivity (Wildman–Crippen MR) is 148 cm³/mol. The van der Waals surface area contributed by atoms with Crippen LogP contribution in [-0.2, 0) is 21.3 Å². The number of ether oxygens (including phenoxy) is 4. The van der Waals surface area contributed by atoms with Gasteiger partial charge in [-0.1, -0.05) is 0 Å². The van der Waals surface area contributed by atoms with E-state index in [-0.39, 0.29) is 29.7 Å². The third-order valence-corrected chi connectivity index (χ3v) is 7.38. The molecule has 2 aliphatic heterocycles. The van der Waals surface area contributed by atoms with E-state index < -0.39 is 0 Å². The summed E-state index contributed by atoms with van der Waals surface area (Å²) in [6, 6.07) is 6.69. The lowest BCUT2D eigenvalue weighted by molar-refractivity contribution is -0.125. The number of hydrogen-bond acceptors (Lipinski definition) is 9. The Morgan fingerprint density at radius 3 is 2.51 bits per heavy atom. The van der Waals surface area contributed by atoms with Crippen molar-refractivity contribution < 1.29 is 28.5 Å². The molecule has 4 heterocycles. The summed E-state index contributed by atoms with van der Waals surface area (Å²) in [6.45, 7) is 2.96. The van der Waals surface area contributed by atoms with E-state index in [1.165, 1.54) is 6.20 Å². The highest BCUT2D eigenvalue weighted by atomic mass is 16.5. The molecule has 12 heteroatoms. The van der Waals surface area contributed by atoms with Crippen LogP contribution in [0.5, 0.6) is 17.4 Å². The van der Waals surface area contributed by atoms with Gasteiger partial charge in [-0.15, -0.1) is 0 Å². The summed E-state index contributed by atoms with van der Waals surface area (Å²) in [5, 5.41) is 7.00. The quantitative estimate of drug-likeness (QED) is 0.394. The molecule has 2 aromatic heterocycles. The molecule has 3 fully saturated rings. The van der Waals surface area contributed by atoms with Gasteiger partial charge in [0.05, 0.1) is 25.6 Å². The molecule has 1 N–H and O–H groups in total. The third-order valence-electron chi connectivity index (χ3n) is 7.38. The zero-order valence-corrected chi connectivity index (χ0v) is 23.0. The highest BCUT2D eigenvalue weighted by molar-refractivity contribution is 6.04. The molecule has 1 atom stereocenters. The minimum absolute atomic E-state index is 0.0658. The van der Waals surface area contributed by atoms with Crippen molar-refractivity contribution in [3.05, 3.63) is 48.4 Å². The average molecular weight is 563 g/mol. The van der Waals surface area contributed by atoms with E-state index in [4.69, 9.17) is 18.9 Å². The zero-order valence-electron chi connectivity index (χ0n) is 23.0. The minimum atomic E-state index is -0.356. The van der Waals surface area contributed by atoms with Crippen molar-refractivity contribution >= 4 is 23.5 Å². The Labute approximate surface area is 238 Å². The van der Waals surface area contributed by atoms with E-state index in [9.17, 15) is 9.59 Å². The molecule has 3 aliphatic rings. The van der Waals surface area contributed by atoms with E-state index >= 15 is 0 Å². The first kappa shape index (κ1) is 27.2. The standard InChI is InChI=1S/C29H34N6O6/c1-34-8-4-25(33-34)32-28(36)21-12-23(40-22-7-11-39-18-22)14-24(13-21)41-27-16-30-26(15-31-27)35(17-19-2-3-19)29(37)20-5-9-38-10-6-20/h4,8,12-16,19-20,22H,2-3,5-7,9-11,17-18H2,1H3,(H,32,33,36)/t22-/m0/s1. The van der Waals surface area contributed by atoms with Crippen LogP contribution in [0.2, 0.25) is 0 Å². The van der Waals surface area contributed by atoms with E-state index in [1.807, 2.05) is 0 Å². The van der Waals surface area contributed by atoms with E-state index in [0.29, 0.717) is 67.6 Å². The van der Waals surface area contributed by atoms with Gasteiger partial charge in [-0.05, 0) is 43.7 Å². The highest BCUT2D eigenvalue weighted by Gasteiger charge is 2.33. The topological polar surface area (TPSA) is 130 Å². The molecule has 3 aromatic rings. The molecule has 2 amide bonds. The normalized spacial score (nSPS) is 19.1. The number of carbonyl (C=O) groups excluding carboxylic acids is 2. The van der Waals surface area contributed by atoms with Crippen LogP contribution in [0.25, 0.3) is 0 Å². The predicted octanol–water partition coefficient (Wildman–Crippen LogP) is 3.59. The Morgan fingerprint density at radius 1 is 1.02 bits per heavy atom. The SMILES string of the molecule is Cn1ccc(NC(=O)c2cc(Oc3cnc(N(CC4CC4)C(=O)C4CCOCC4)cn3)cc(O[C@H]3CCOC3)c2)n1. The van der Waals surface area contributed by atoms with Gasteiger partial charge in [-0.25, -0.2) is 9.97 Å². The third kappa shape index (κ3) is 7.01. The van der Waals surface area contributed by atoms with E-state index in [2.05, 4.69) is 20.4 Å². The maximum Gasteiger partial charge on any atom is 0.257 e. The van der Waals surface area contributed by atoms with Gasteiger partial charge in [-0.3, -0.25) is 19.2 Å². The lowest BCUT2D eigenvalue weighted by Crippen LogP contribution is -2.40. The summed E-state index contributed by atoms with van der Waals surface area (Å²) in [4.78, 5) is 37.2. The number of amides is 2. The number of nitrogens with zero attached hydrogens (tertiary/aromatic N) is 5. The molecule has 6 rings (SSSR count). The lowest BCUT2D eigenvalue weighted by Gasteiger charge is -2.28. The molecule has 1 aromatic carbocycles. The van der Waals surface area contributed by atoms with Gasteiger partial charge in [-0.2, -0.15) is 5.10 Å². The van der Waals surface area contributed by atoms with Gasteiger partial charge in [0.15, 0.2) is 11.6 Å². The van der Waals surface area contributed by atoms with Crippen LogP contribution in [0.15, 0.2) is 42.9 Å². The van der Waals surface area contributed by atoms with Crippen LogP contribution >= 0.6 is 0 Å². The molecular weight excluding hydrogens is 528 g/mol. The second-order valence-electron chi connectivity index (χ2n) is 10.7. The molecule has 1 saturated carbocycles.